The zero-order valence-electron chi connectivity index (χ0n) is 19.5. The van der Waals surface area contributed by atoms with Gasteiger partial charge < -0.3 is 5.11 Å². The number of carboxylic acid groups (broad SMARTS) is 1. The summed E-state index contributed by atoms with van der Waals surface area (Å²) in [5, 5.41) is 8.58. The van der Waals surface area contributed by atoms with Crippen molar-refractivity contribution in [2.45, 2.75) is 142 Å². The highest BCUT2D eigenvalue weighted by atomic mass is 16.4. The third-order valence-electron chi connectivity index (χ3n) is 5.59. The number of hydrogen-bond donors (Lipinski definition) is 1. The van der Waals surface area contributed by atoms with E-state index in [0.29, 0.717) is 6.42 Å². The van der Waals surface area contributed by atoms with Crippen LogP contribution in [0.4, 0.5) is 0 Å². The second-order valence-corrected chi connectivity index (χ2v) is 8.56. The largest absolute Gasteiger partial charge is 0.481 e. The molecule has 0 heterocycles. The van der Waals surface area contributed by atoms with E-state index in [2.05, 4.69) is 31.2 Å². The monoisotopic (exact) mass is 406 g/mol. The number of carbonyl (C=O) groups is 1. The first-order valence-corrected chi connectivity index (χ1v) is 12.8. The van der Waals surface area contributed by atoms with Crippen molar-refractivity contribution in [2.24, 2.45) is 0 Å². The molecule has 1 N–H and O–H groups in total. The molecule has 0 atom stereocenters. The number of rotatable bonds is 23. The van der Waals surface area contributed by atoms with E-state index in [1.807, 2.05) is 0 Å². The summed E-state index contributed by atoms with van der Waals surface area (Å²) in [4.78, 5) is 10.4. The standard InChI is InChI=1S/C27H50O2/c1-2-3-4-5-6-7-8-9-10-11-12-13-14-15-16-17-18-19-20-21-22-23-24-25-26-27(28)29/h9-10,12-13H,2-8,11,14-26H2,1H3,(H,28,29). The molecule has 0 aromatic rings. The Bertz CT molecular complexity index is 384. The third kappa shape index (κ3) is 26.9. The van der Waals surface area contributed by atoms with Crippen molar-refractivity contribution >= 4 is 5.97 Å². The Morgan fingerprint density at radius 2 is 0.931 bits per heavy atom. The second-order valence-electron chi connectivity index (χ2n) is 8.56. The van der Waals surface area contributed by atoms with Gasteiger partial charge in [0.25, 0.3) is 0 Å². The van der Waals surface area contributed by atoms with Crippen molar-refractivity contribution in [1.82, 2.24) is 0 Å². The Morgan fingerprint density at radius 3 is 1.34 bits per heavy atom. The molecular weight excluding hydrogens is 356 g/mol. The summed E-state index contributed by atoms with van der Waals surface area (Å²) in [6.07, 6.45) is 35.5. The first-order chi connectivity index (χ1) is 14.3. The molecule has 2 heteroatoms. The van der Waals surface area contributed by atoms with Crippen LogP contribution in [0.15, 0.2) is 24.3 Å². The highest BCUT2D eigenvalue weighted by Gasteiger charge is 1.97. The van der Waals surface area contributed by atoms with E-state index < -0.39 is 5.97 Å². The predicted octanol–water partition coefficient (Wildman–Crippen LogP) is 9.40. The first-order valence-electron chi connectivity index (χ1n) is 12.8. The van der Waals surface area contributed by atoms with Gasteiger partial charge in [0.1, 0.15) is 0 Å². The average Bonchev–Trinajstić information content (AvgIpc) is 2.71. The van der Waals surface area contributed by atoms with E-state index in [4.69, 9.17) is 5.11 Å². The molecule has 0 radical (unpaired) electrons. The quantitative estimate of drug-likeness (QED) is 0.135. The van der Waals surface area contributed by atoms with Crippen molar-refractivity contribution in [1.29, 1.82) is 0 Å². The molecule has 0 aromatic carbocycles. The molecule has 0 bridgehead atoms. The van der Waals surface area contributed by atoms with Gasteiger partial charge in [-0.25, -0.2) is 0 Å². The maximum Gasteiger partial charge on any atom is 0.303 e. The molecule has 170 valence electrons. The van der Waals surface area contributed by atoms with Crippen LogP contribution < -0.4 is 0 Å². The minimum Gasteiger partial charge on any atom is -0.481 e. The van der Waals surface area contributed by atoms with E-state index in [-0.39, 0.29) is 0 Å². The number of unbranched alkanes of at least 4 members (excludes halogenated alkanes) is 17. The minimum absolute atomic E-state index is 0.338. The number of carboxylic acids is 1. The van der Waals surface area contributed by atoms with Crippen LogP contribution in [0, 0.1) is 0 Å². The Labute approximate surface area is 182 Å². The van der Waals surface area contributed by atoms with Gasteiger partial charge in [-0.05, 0) is 38.5 Å². The molecule has 0 aliphatic heterocycles. The van der Waals surface area contributed by atoms with Gasteiger partial charge in [0.05, 0.1) is 0 Å². The van der Waals surface area contributed by atoms with E-state index in [9.17, 15) is 4.79 Å². The van der Waals surface area contributed by atoms with Crippen molar-refractivity contribution in [3.05, 3.63) is 24.3 Å². The summed E-state index contributed by atoms with van der Waals surface area (Å²) in [6, 6.07) is 0. The van der Waals surface area contributed by atoms with E-state index >= 15 is 0 Å². The van der Waals surface area contributed by atoms with Gasteiger partial charge in [-0.1, -0.05) is 121 Å². The fraction of sp³-hybridized carbons (Fsp3) is 0.815. The van der Waals surface area contributed by atoms with Crippen LogP contribution in [0.3, 0.4) is 0 Å². The van der Waals surface area contributed by atoms with Crippen LogP contribution in [-0.4, -0.2) is 11.1 Å². The first kappa shape index (κ1) is 27.9. The highest BCUT2D eigenvalue weighted by molar-refractivity contribution is 5.66. The maximum atomic E-state index is 10.4. The summed E-state index contributed by atoms with van der Waals surface area (Å²) in [6.45, 7) is 2.27. The van der Waals surface area contributed by atoms with Crippen LogP contribution in [0.2, 0.25) is 0 Å². The van der Waals surface area contributed by atoms with E-state index in [0.717, 1.165) is 19.3 Å². The zero-order valence-corrected chi connectivity index (χ0v) is 19.5. The van der Waals surface area contributed by atoms with Crippen LogP contribution in [0.25, 0.3) is 0 Å². The van der Waals surface area contributed by atoms with Crippen LogP contribution in [0.1, 0.15) is 142 Å². The van der Waals surface area contributed by atoms with Crippen LogP contribution in [-0.2, 0) is 4.79 Å². The molecule has 0 aromatic heterocycles. The maximum absolute atomic E-state index is 10.4. The van der Waals surface area contributed by atoms with E-state index in [1.54, 1.807) is 0 Å². The molecule has 0 unspecified atom stereocenters. The molecule has 0 rings (SSSR count). The minimum atomic E-state index is -0.656. The van der Waals surface area contributed by atoms with Crippen molar-refractivity contribution in [2.75, 3.05) is 0 Å². The summed E-state index contributed by atoms with van der Waals surface area (Å²) in [7, 11) is 0. The Hall–Kier alpha value is -1.05. The fourth-order valence-corrected chi connectivity index (χ4v) is 3.68. The summed E-state index contributed by atoms with van der Waals surface area (Å²) in [5.74, 6) is -0.656. The molecule has 29 heavy (non-hydrogen) atoms. The van der Waals surface area contributed by atoms with Crippen LogP contribution >= 0.6 is 0 Å². The summed E-state index contributed by atoms with van der Waals surface area (Å²) < 4.78 is 0. The van der Waals surface area contributed by atoms with Gasteiger partial charge >= 0.3 is 5.97 Å². The van der Waals surface area contributed by atoms with Gasteiger partial charge in [-0.3, -0.25) is 4.79 Å². The summed E-state index contributed by atoms with van der Waals surface area (Å²) in [5.41, 5.74) is 0. The fourth-order valence-electron chi connectivity index (χ4n) is 3.68. The number of hydrogen-bond acceptors (Lipinski definition) is 1. The number of allylic oxidation sites excluding steroid dienone is 4. The Morgan fingerprint density at radius 1 is 0.552 bits per heavy atom. The van der Waals surface area contributed by atoms with Crippen molar-refractivity contribution in [3.8, 4) is 0 Å². The van der Waals surface area contributed by atoms with E-state index in [1.165, 1.54) is 109 Å². The number of aliphatic carboxylic acids is 1. The summed E-state index contributed by atoms with van der Waals surface area (Å²) >= 11 is 0. The molecule has 0 amide bonds. The molecule has 0 spiro atoms. The van der Waals surface area contributed by atoms with Gasteiger partial charge in [0.2, 0.25) is 0 Å². The SMILES string of the molecule is CCCCCCCCC=CCC=CCCCCCCCCCCCCCC(=O)O. The highest BCUT2D eigenvalue weighted by Crippen LogP contribution is 2.13. The van der Waals surface area contributed by atoms with Crippen LogP contribution in [0.5, 0.6) is 0 Å². The van der Waals surface area contributed by atoms with Crippen molar-refractivity contribution < 1.29 is 9.90 Å². The molecule has 0 aliphatic carbocycles. The molecule has 0 saturated carbocycles. The predicted molar refractivity (Wildman–Crippen MR) is 129 cm³/mol. The average molecular weight is 407 g/mol. The zero-order chi connectivity index (χ0) is 21.3. The second kappa shape index (κ2) is 25.0. The molecule has 2 nitrogen and oxygen atoms in total. The van der Waals surface area contributed by atoms with Gasteiger partial charge in [-0.15, -0.1) is 0 Å². The Kier molecular flexibility index (Phi) is 24.1. The Balaban J connectivity index is 3.15. The van der Waals surface area contributed by atoms with Crippen molar-refractivity contribution in [3.63, 3.8) is 0 Å². The topological polar surface area (TPSA) is 37.3 Å². The third-order valence-corrected chi connectivity index (χ3v) is 5.59. The van der Waals surface area contributed by atoms with Gasteiger partial charge in [0, 0.05) is 6.42 Å². The lowest BCUT2D eigenvalue weighted by atomic mass is 10.0. The lowest BCUT2D eigenvalue weighted by molar-refractivity contribution is -0.137. The normalized spacial score (nSPS) is 11.8. The smallest absolute Gasteiger partial charge is 0.303 e. The molecule has 0 fully saturated rings. The van der Waals surface area contributed by atoms with Gasteiger partial charge in [0.15, 0.2) is 0 Å². The molecule has 0 saturated heterocycles. The molecule has 0 aliphatic rings. The lowest BCUT2D eigenvalue weighted by Gasteiger charge is -2.02. The molecular formula is C27H50O2. The lowest BCUT2D eigenvalue weighted by Crippen LogP contribution is -1.93. The van der Waals surface area contributed by atoms with Gasteiger partial charge in [-0.2, -0.15) is 0 Å².